The number of carbonyl (C=O) groups excluding carboxylic acids is 1. The van der Waals surface area contributed by atoms with E-state index < -0.39 is 11.2 Å². The lowest BCUT2D eigenvalue weighted by molar-refractivity contribution is 0.103. The summed E-state index contributed by atoms with van der Waals surface area (Å²) in [6.07, 6.45) is 6.42. The first kappa shape index (κ1) is 20.9. The quantitative estimate of drug-likeness (QED) is 0.371. The van der Waals surface area contributed by atoms with Gasteiger partial charge in [0, 0.05) is 6.07 Å². The van der Waals surface area contributed by atoms with Gasteiger partial charge in [0.1, 0.15) is 22.7 Å². The monoisotopic (exact) mass is 396 g/mol. The molecule has 1 aliphatic heterocycles. The summed E-state index contributed by atoms with van der Waals surface area (Å²) in [6.45, 7) is 11.5. The Morgan fingerprint density at radius 3 is 2.62 bits per heavy atom. The van der Waals surface area contributed by atoms with Gasteiger partial charge >= 0.3 is 5.63 Å². The fraction of sp³-hybridized carbons (Fsp3) is 0.417. The van der Waals surface area contributed by atoms with Crippen molar-refractivity contribution in [2.75, 3.05) is 7.11 Å². The van der Waals surface area contributed by atoms with Gasteiger partial charge in [0.05, 0.1) is 18.1 Å². The minimum Gasteiger partial charge on any atom is -0.495 e. The van der Waals surface area contributed by atoms with Crippen LogP contribution in [-0.2, 0) is 0 Å². The van der Waals surface area contributed by atoms with Gasteiger partial charge in [0.15, 0.2) is 11.4 Å². The molecule has 2 heterocycles. The van der Waals surface area contributed by atoms with Crippen LogP contribution < -0.4 is 15.1 Å². The third-order valence-electron chi connectivity index (χ3n) is 5.54. The number of Topliss-reactive ketones (excluding diaryl/α,β-unsaturated/α-hetero) is 1. The van der Waals surface area contributed by atoms with Crippen LogP contribution in [0, 0.1) is 0 Å². The second-order valence-corrected chi connectivity index (χ2v) is 8.02. The summed E-state index contributed by atoms with van der Waals surface area (Å²) in [5.74, 6) is 0.787. The molecule has 0 saturated carbocycles. The summed E-state index contributed by atoms with van der Waals surface area (Å²) in [5, 5.41) is 0.666. The van der Waals surface area contributed by atoms with Crippen molar-refractivity contribution >= 4 is 22.8 Å². The number of benzene rings is 1. The Balaban J connectivity index is 2.60. The van der Waals surface area contributed by atoms with Gasteiger partial charge in [-0.15, -0.1) is 0 Å². The molecule has 1 aromatic heterocycles. The van der Waals surface area contributed by atoms with Crippen LogP contribution in [0.4, 0.5) is 0 Å². The summed E-state index contributed by atoms with van der Waals surface area (Å²) in [6, 6.07) is 1.51. The zero-order chi connectivity index (χ0) is 21.5. The van der Waals surface area contributed by atoms with Crippen molar-refractivity contribution in [3.63, 3.8) is 0 Å². The lowest BCUT2D eigenvalue weighted by Crippen LogP contribution is -2.28. The maximum atomic E-state index is 13.3. The fourth-order valence-corrected chi connectivity index (χ4v) is 3.59. The average molecular weight is 396 g/mol. The predicted molar refractivity (Wildman–Crippen MR) is 115 cm³/mol. The van der Waals surface area contributed by atoms with Crippen LogP contribution >= 0.6 is 0 Å². The van der Waals surface area contributed by atoms with Crippen LogP contribution in [-0.4, -0.2) is 18.5 Å². The molecule has 3 rings (SSSR count). The number of rotatable bonds is 5. The Kier molecular flexibility index (Phi) is 5.44. The molecule has 0 N–H and O–H groups in total. The van der Waals surface area contributed by atoms with Crippen molar-refractivity contribution in [3.8, 4) is 11.5 Å². The minimum atomic E-state index is -0.543. The number of ether oxygens (including phenoxy) is 2. The normalized spacial score (nSPS) is 16.3. The molecule has 0 fully saturated rings. The van der Waals surface area contributed by atoms with Gasteiger partial charge in [0.2, 0.25) is 0 Å². The van der Waals surface area contributed by atoms with Gasteiger partial charge in [-0.2, -0.15) is 0 Å². The van der Waals surface area contributed by atoms with E-state index in [2.05, 4.69) is 6.92 Å². The van der Waals surface area contributed by atoms with Crippen LogP contribution in [0.2, 0.25) is 0 Å². The molecule has 5 nitrogen and oxygen atoms in total. The molecule has 0 amide bonds. The van der Waals surface area contributed by atoms with E-state index in [9.17, 15) is 9.59 Å². The van der Waals surface area contributed by atoms with Gasteiger partial charge in [-0.05, 0) is 63.3 Å². The molecule has 0 radical (unpaired) electrons. The number of fused-ring (bicyclic) bond motifs is 3. The van der Waals surface area contributed by atoms with Gasteiger partial charge in [-0.3, -0.25) is 4.79 Å². The number of hydrogen-bond donors (Lipinski definition) is 0. The molecule has 29 heavy (non-hydrogen) atoms. The van der Waals surface area contributed by atoms with Gasteiger partial charge < -0.3 is 13.9 Å². The number of ketones is 1. The molecule has 0 aliphatic carbocycles. The third-order valence-corrected chi connectivity index (χ3v) is 5.54. The van der Waals surface area contributed by atoms with Gasteiger partial charge in [-0.1, -0.05) is 19.9 Å². The molecular weight excluding hydrogens is 368 g/mol. The van der Waals surface area contributed by atoms with E-state index in [1.54, 1.807) is 19.9 Å². The van der Waals surface area contributed by atoms with E-state index in [-0.39, 0.29) is 22.8 Å². The molecule has 0 bridgehead atoms. The molecule has 5 heteroatoms. The smallest absolute Gasteiger partial charge is 0.336 e. The Labute approximate surface area is 171 Å². The summed E-state index contributed by atoms with van der Waals surface area (Å²) in [5.41, 5.74) is 1.49. The van der Waals surface area contributed by atoms with Crippen molar-refractivity contribution < 1.29 is 18.7 Å². The summed E-state index contributed by atoms with van der Waals surface area (Å²) >= 11 is 0. The molecule has 2 aromatic rings. The third kappa shape index (κ3) is 3.50. The Morgan fingerprint density at radius 1 is 1.34 bits per heavy atom. The van der Waals surface area contributed by atoms with E-state index in [1.807, 2.05) is 32.9 Å². The Bertz CT molecular complexity index is 1100. The molecule has 1 aliphatic rings. The highest BCUT2D eigenvalue weighted by Gasteiger charge is 2.33. The van der Waals surface area contributed by atoms with Crippen molar-refractivity contribution in [1.29, 1.82) is 0 Å². The van der Waals surface area contributed by atoms with E-state index in [0.717, 1.165) is 12.0 Å². The first-order valence-electron chi connectivity index (χ1n) is 9.92. The highest BCUT2D eigenvalue weighted by atomic mass is 16.5. The van der Waals surface area contributed by atoms with Crippen molar-refractivity contribution in [1.82, 2.24) is 0 Å². The van der Waals surface area contributed by atoms with E-state index in [1.165, 1.54) is 13.2 Å². The van der Waals surface area contributed by atoms with Crippen LogP contribution in [0.5, 0.6) is 11.5 Å². The minimum absolute atomic E-state index is 0.0856. The lowest BCUT2D eigenvalue weighted by atomic mass is 9.88. The molecular formula is C24H28O5. The van der Waals surface area contributed by atoms with Crippen LogP contribution in [0.3, 0.4) is 0 Å². The molecule has 1 unspecified atom stereocenters. The first-order chi connectivity index (χ1) is 13.6. The zero-order valence-electron chi connectivity index (χ0n) is 18.1. The Hall–Kier alpha value is -2.82. The fourth-order valence-electron chi connectivity index (χ4n) is 3.59. The number of carbonyl (C=O) groups is 1. The summed E-state index contributed by atoms with van der Waals surface area (Å²) in [7, 11) is 1.51. The van der Waals surface area contributed by atoms with E-state index in [0.29, 0.717) is 28.0 Å². The van der Waals surface area contributed by atoms with Crippen molar-refractivity contribution in [3.05, 3.63) is 50.9 Å². The molecule has 0 saturated heterocycles. The van der Waals surface area contributed by atoms with E-state index >= 15 is 0 Å². The van der Waals surface area contributed by atoms with Crippen molar-refractivity contribution in [2.24, 2.45) is 0 Å². The van der Waals surface area contributed by atoms with Gasteiger partial charge in [0.25, 0.3) is 0 Å². The maximum absolute atomic E-state index is 13.3. The number of hydrogen-bond acceptors (Lipinski definition) is 5. The van der Waals surface area contributed by atoms with Crippen LogP contribution in [0.25, 0.3) is 17.0 Å². The average Bonchev–Trinajstić information content (AvgIpc) is 2.69. The van der Waals surface area contributed by atoms with Crippen LogP contribution in [0.1, 0.15) is 75.4 Å². The SMILES string of the molecule is CC=C(C)C(=O)c1c(OC)c2c(c3c(C(C)CC)cc(=O)oc13)OC(C)(C)C=C2. The molecule has 154 valence electrons. The zero-order valence-corrected chi connectivity index (χ0v) is 18.1. The summed E-state index contributed by atoms with van der Waals surface area (Å²) in [4.78, 5) is 25.7. The van der Waals surface area contributed by atoms with Crippen LogP contribution in [0.15, 0.2) is 33.0 Å². The summed E-state index contributed by atoms with van der Waals surface area (Å²) < 4.78 is 17.6. The number of methoxy groups -OCH3 is 1. The lowest BCUT2D eigenvalue weighted by Gasteiger charge is -2.31. The van der Waals surface area contributed by atoms with Crippen molar-refractivity contribution in [2.45, 2.75) is 59.5 Å². The predicted octanol–water partition coefficient (Wildman–Crippen LogP) is 5.65. The number of allylic oxidation sites excluding steroid dienone is 2. The molecule has 0 spiro atoms. The van der Waals surface area contributed by atoms with E-state index in [4.69, 9.17) is 13.9 Å². The molecule has 1 atom stereocenters. The van der Waals surface area contributed by atoms with Gasteiger partial charge in [-0.25, -0.2) is 4.79 Å². The highest BCUT2D eigenvalue weighted by Crippen LogP contribution is 2.48. The second kappa shape index (κ2) is 7.54. The largest absolute Gasteiger partial charge is 0.495 e. The molecule has 1 aromatic carbocycles. The highest BCUT2D eigenvalue weighted by molar-refractivity contribution is 6.19. The standard InChI is InChI=1S/C24H28O5/c1-8-13(3)16-12-17(25)28-23-18(16)22-15(10-11-24(5,6)29-22)21(27-7)19(23)20(26)14(4)9-2/h9-13H,8H2,1-7H3. The first-order valence-corrected chi connectivity index (χ1v) is 9.92. The Morgan fingerprint density at radius 2 is 2.03 bits per heavy atom. The maximum Gasteiger partial charge on any atom is 0.336 e. The second-order valence-electron chi connectivity index (χ2n) is 8.02. The topological polar surface area (TPSA) is 65.7 Å².